The highest BCUT2D eigenvalue weighted by atomic mass is 19.1. The second kappa shape index (κ2) is 4.78. The number of aryl methyl sites for hydroxylation is 1. The zero-order valence-corrected chi connectivity index (χ0v) is 10.0. The molecule has 0 saturated heterocycles. The van der Waals surface area contributed by atoms with E-state index in [4.69, 9.17) is 11.0 Å². The van der Waals surface area contributed by atoms with Gasteiger partial charge in [-0.25, -0.2) is 4.39 Å². The van der Waals surface area contributed by atoms with Gasteiger partial charge in [0.15, 0.2) is 0 Å². The predicted octanol–water partition coefficient (Wildman–Crippen LogP) is 1.27. The number of nitrogen functional groups attached to an aromatic ring is 1. The van der Waals surface area contributed by atoms with Crippen molar-refractivity contribution in [2.24, 2.45) is 7.05 Å². The van der Waals surface area contributed by atoms with Crippen LogP contribution in [0.15, 0.2) is 24.4 Å². The lowest BCUT2D eigenvalue weighted by Gasteiger charge is -2.07. The Balaban J connectivity index is 2.33. The molecule has 0 aliphatic carbocycles. The average molecular weight is 259 g/mol. The van der Waals surface area contributed by atoms with Crippen LogP contribution in [0.4, 0.5) is 15.8 Å². The van der Waals surface area contributed by atoms with Gasteiger partial charge in [-0.1, -0.05) is 0 Å². The Kier molecular flexibility index (Phi) is 3.16. The number of carbonyl (C=O) groups excluding carboxylic acids is 1. The van der Waals surface area contributed by atoms with Gasteiger partial charge in [0, 0.05) is 7.05 Å². The van der Waals surface area contributed by atoms with Crippen LogP contribution in [-0.2, 0) is 7.05 Å². The van der Waals surface area contributed by atoms with E-state index in [1.165, 1.54) is 16.9 Å². The minimum atomic E-state index is -0.547. The number of hydrogen-bond donors (Lipinski definition) is 2. The maximum atomic E-state index is 13.0. The quantitative estimate of drug-likeness (QED) is 0.848. The van der Waals surface area contributed by atoms with Crippen LogP contribution in [0.25, 0.3) is 0 Å². The average Bonchev–Trinajstić information content (AvgIpc) is 2.71. The number of nitrogens with one attached hydrogen (secondary N) is 1. The molecular formula is C12H10FN5O. The third-order valence-corrected chi connectivity index (χ3v) is 2.53. The Labute approximate surface area is 108 Å². The number of rotatable bonds is 2. The first-order valence-corrected chi connectivity index (χ1v) is 5.31. The van der Waals surface area contributed by atoms with E-state index >= 15 is 0 Å². The van der Waals surface area contributed by atoms with E-state index in [1.54, 1.807) is 7.05 Å². The molecule has 1 heterocycles. The second-order valence-electron chi connectivity index (χ2n) is 3.83. The first kappa shape index (κ1) is 12.6. The van der Waals surface area contributed by atoms with E-state index in [1.807, 2.05) is 6.07 Å². The van der Waals surface area contributed by atoms with Crippen molar-refractivity contribution in [2.75, 3.05) is 11.1 Å². The van der Waals surface area contributed by atoms with Crippen molar-refractivity contribution in [1.29, 1.82) is 5.26 Å². The van der Waals surface area contributed by atoms with Gasteiger partial charge in [0.1, 0.15) is 17.6 Å². The lowest BCUT2D eigenvalue weighted by Crippen LogP contribution is -2.18. The molecule has 0 aliphatic rings. The van der Waals surface area contributed by atoms with Gasteiger partial charge < -0.3 is 11.1 Å². The highest BCUT2D eigenvalue weighted by Crippen LogP contribution is 2.18. The van der Waals surface area contributed by atoms with Crippen molar-refractivity contribution < 1.29 is 9.18 Å². The third kappa shape index (κ3) is 2.37. The monoisotopic (exact) mass is 259 g/mol. The van der Waals surface area contributed by atoms with Crippen molar-refractivity contribution >= 4 is 17.3 Å². The zero-order valence-electron chi connectivity index (χ0n) is 10.0. The number of benzene rings is 1. The molecule has 0 bridgehead atoms. The Hall–Kier alpha value is -2.88. The van der Waals surface area contributed by atoms with Crippen LogP contribution >= 0.6 is 0 Å². The van der Waals surface area contributed by atoms with E-state index in [0.29, 0.717) is 0 Å². The van der Waals surface area contributed by atoms with Crippen LogP contribution in [0.5, 0.6) is 0 Å². The van der Waals surface area contributed by atoms with Gasteiger partial charge in [0.2, 0.25) is 0 Å². The summed E-state index contributed by atoms with van der Waals surface area (Å²) in [7, 11) is 1.57. The molecule has 7 heteroatoms. The summed E-state index contributed by atoms with van der Waals surface area (Å²) >= 11 is 0. The molecule has 0 saturated carbocycles. The Morgan fingerprint density at radius 2 is 2.32 bits per heavy atom. The fourth-order valence-electron chi connectivity index (χ4n) is 1.63. The van der Waals surface area contributed by atoms with Crippen molar-refractivity contribution in [3.63, 3.8) is 0 Å². The summed E-state index contributed by atoms with van der Waals surface area (Å²) in [5.41, 5.74) is 6.27. The zero-order chi connectivity index (χ0) is 14.0. The molecule has 0 spiro atoms. The number of nitriles is 1. The van der Waals surface area contributed by atoms with Gasteiger partial charge in [-0.2, -0.15) is 10.4 Å². The molecule has 1 aromatic heterocycles. The molecule has 0 atom stereocenters. The topological polar surface area (TPSA) is 96.7 Å². The van der Waals surface area contributed by atoms with Gasteiger partial charge in [-0.05, 0) is 18.2 Å². The molecule has 3 N–H and O–H groups in total. The highest BCUT2D eigenvalue weighted by molar-refractivity contribution is 6.06. The van der Waals surface area contributed by atoms with Crippen molar-refractivity contribution in [1.82, 2.24) is 9.78 Å². The maximum Gasteiger partial charge on any atom is 0.276 e. The lowest BCUT2D eigenvalue weighted by atomic mass is 10.2. The van der Waals surface area contributed by atoms with Crippen molar-refractivity contribution in [2.45, 2.75) is 0 Å². The molecule has 0 unspecified atom stereocenters. The molecule has 2 rings (SSSR count). The standard InChI is InChI=1S/C12H10FN5O/c1-18-11(9(15)6-16-18)12(19)17-10-3-2-8(13)4-7(10)5-14/h2-4,6H,15H2,1H3,(H,17,19). The first-order chi connectivity index (χ1) is 9.02. The Morgan fingerprint density at radius 3 is 2.89 bits per heavy atom. The first-order valence-electron chi connectivity index (χ1n) is 5.31. The summed E-state index contributed by atoms with van der Waals surface area (Å²) in [6.45, 7) is 0. The minimum Gasteiger partial charge on any atom is -0.396 e. The highest BCUT2D eigenvalue weighted by Gasteiger charge is 2.16. The van der Waals surface area contributed by atoms with Gasteiger partial charge in [-0.15, -0.1) is 0 Å². The number of nitrogens with zero attached hydrogens (tertiary/aromatic N) is 3. The van der Waals surface area contributed by atoms with E-state index in [-0.39, 0.29) is 22.6 Å². The Morgan fingerprint density at radius 1 is 1.58 bits per heavy atom. The number of anilines is 2. The normalized spacial score (nSPS) is 9.95. The van der Waals surface area contributed by atoms with E-state index in [0.717, 1.165) is 12.1 Å². The molecule has 19 heavy (non-hydrogen) atoms. The van der Waals surface area contributed by atoms with E-state index in [2.05, 4.69) is 10.4 Å². The molecule has 0 fully saturated rings. The smallest absolute Gasteiger partial charge is 0.276 e. The number of carbonyl (C=O) groups is 1. The van der Waals surface area contributed by atoms with Crippen molar-refractivity contribution in [3.05, 3.63) is 41.5 Å². The van der Waals surface area contributed by atoms with Crippen LogP contribution < -0.4 is 11.1 Å². The van der Waals surface area contributed by atoms with Gasteiger partial charge in [0.05, 0.1) is 23.1 Å². The molecule has 96 valence electrons. The largest absolute Gasteiger partial charge is 0.396 e. The molecule has 6 nitrogen and oxygen atoms in total. The fraction of sp³-hybridized carbons (Fsp3) is 0.0833. The molecule has 0 aliphatic heterocycles. The SMILES string of the molecule is Cn1ncc(N)c1C(=O)Nc1ccc(F)cc1C#N. The van der Waals surface area contributed by atoms with Gasteiger partial charge >= 0.3 is 0 Å². The summed E-state index contributed by atoms with van der Waals surface area (Å²) in [5.74, 6) is -1.06. The molecule has 2 aromatic rings. The number of aromatic nitrogens is 2. The predicted molar refractivity (Wildman–Crippen MR) is 66.7 cm³/mol. The lowest BCUT2D eigenvalue weighted by molar-refractivity contribution is 0.101. The number of nitrogens with two attached hydrogens (primary N) is 1. The molecule has 1 amide bonds. The van der Waals surface area contributed by atoms with Crippen LogP contribution in [0.3, 0.4) is 0 Å². The van der Waals surface area contributed by atoms with Crippen LogP contribution in [0.1, 0.15) is 16.1 Å². The summed E-state index contributed by atoms with van der Waals surface area (Å²) in [5, 5.41) is 15.2. The number of halogens is 1. The molecular weight excluding hydrogens is 249 g/mol. The minimum absolute atomic E-state index is 0.0362. The van der Waals surface area contributed by atoms with Crippen LogP contribution in [-0.4, -0.2) is 15.7 Å². The molecule has 0 radical (unpaired) electrons. The number of hydrogen-bond acceptors (Lipinski definition) is 4. The van der Waals surface area contributed by atoms with Gasteiger partial charge in [0.25, 0.3) is 5.91 Å². The van der Waals surface area contributed by atoms with Crippen LogP contribution in [0.2, 0.25) is 0 Å². The van der Waals surface area contributed by atoms with Crippen LogP contribution in [0, 0.1) is 17.1 Å². The van der Waals surface area contributed by atoms with E-state index < -0.39 is 11.7 Å². The fourth-order valence-corrected chi connectivity index (χ4v) is 1.63. The number of amides is 1. The van der Waals surface area contributed by atoms with E-state index in [9.17, 15) is 9.18 Å². The summed E-state index contributed by atoms with van der Waals surface area (Å²) < 4.78 is 14.3. The second-order valence-corrected chi connectivity index (χ2v) is 3.83. The van der Waals surface area contributed by atoms with Crippen molar-refractivity contribution in [3.8, 4) is 6.07 Å². The Bertz CT molecular complexity index is 666. The summed E-state index contributed by atoms with van der Waals surface area (Å²) in [6, 6.07) is 5.33. The third-order valence-electron chi connectivity index (χ3n) is 2.53. The molecule has 1 aromatic carbocycles. The summed E-state index contributed by atoms with van der Waals surface area (Å²) in [4.78, 5) is 12.0. The summed E-state index contributed by atoms with van der Waals surface area (Å²) in [6.07, 6.45) is 1.35. The van der Waals surface area contributed by atoms with Gasteiger partial charge in [-0.3, -0.25) is 9.48 Å². The maximum absolute atomic E-state index is 13.0.